The van der Waals surface area contributed by atoms with E-state index in [4.69, 9.17) is 0 Å². The standard InChI is InChI=1S/C10H13N5O3/c1-3-14(4-2)10(18)15-7-6(11-5-12-7)8(16)13-9(15)17/h5H,3-4H2,1-2H3,(H,11,12)(H,13,16,17). The minimum Gasteiger partial charge on any atom is -0.339 e. The molecular formula is C10H13N5O3. The maximum atomic E-state index is 12.2. The van der Waals surface area contributed by atoms with Crippen LogP contribution < -0.4 is 11.2 Å². The van der Waals surface area contributed by atoms with Crippen LogP contribution in [-0.4, -0.2) is 43.5 Å². The lowest BCUT2D eigenvalue weighted by Gasteiger charge is -2.18. The van der Waals surface area contributed by atoms with Crippen molar-refractivity contribution in [3.63, 3.8) is 0 Å². The van der Waals surface area contributed by atoms with Crippen molar-refractivity contribution in [2.24, 2.45) is 0 Å². The zero-order chi connectivity index (χ0) is 13.3. The average Bonchev–Trinajstić information content (AvgIpc) is 2.79. The number of amides is 1. The second kappa shape index (κ2) is 4.47. The van der Waals surface area contributed by atoms with Gasteiger partial charge < -0.3 is 9.88 Å². The normalized spacial score (nSPS) is 10.8. The van der Waals surface area contributed by atoms with Gasteiger partial charge in [0, 0.05) is 13.1 Å². The van der Waals surface area contributed by atoms with Gasteiger partial charge in [-0.25, -0.2) is 14.6 Å². The molecule has 8 heteroatoms. The lowest BCUT2D eigenvalue weighted by Crippen LogP contribution is -2.42. The van der Waals surface area contributed by atoms with Crippen LogP contribution in [0.5, 0.6) is 0 Å². The molecule has 0 fully saturated rings. The molecule has 0 bridgehead atoms. The first-order valence-electron chi connectivity index (χ1n) is 5.57. The number of fused-ring (bicyclic) bond motifs is 1. The molecule has 8 nitrogen and oxygen atoms in total. The van der Waals surface area contributed by atoms with Crippen LogP contribution in [0, 0.1) is 0 Å². The van der Waals surface area contributed by atoms with Crippen molar-refractivity contribution >= 4 is 17.2 Å². The second-order valence-electron chi connectivity index (χ2n) is 3.65. The Morgan fingerprint density at radius 2 is 2.06 bits per heavy atom. The highest BCUT2D eigenvalue weighted by Gasteiger charge is 2.19. The molecular weight excluding hydrogens is 238 g/mol. The van der Waals surface area contributed by atoms with Gasteiger partial charge in [0.15, 0.2) is 5.65 Å². The Bertz CT molecular complexity index is 691. The third-order valence-electron chi connectivity index (χ3n) is 2.71. The summed E-state index contributed by atoms with van der Waals surface area (Å²) >= 11 is 0. The fourth-order valence-electron chi connectivity index (χ4n) is 1.75. The number of aromatic amines is 2. The first-order chi connectivity index (χ1) is 8.60. The molecule has 0 spiro atoms. The highest BCUT2D eigenvalue weighted by atomic mass is 16.2. The largest absolute Gasteiger partial charge is 0.339 e. The van der Waals surface area contributed by atoms with Crippen molar-refractivity contribution in [3.8, 4) is 0 Å². The van der Waals surface area contributed by atoms with Gasteiger partial charge in [0.2, 0.25) is 0 Å². The second-order valence-corrected chi connectivity index (χ2v) is 3.65. The van der Waals surface area contributed by atoms with Crippen LogP contribution in [0.25, 0.3) is 11.2 Å². The molecule has 96 valence electrons. The van der Waals surface area contributed by atoms with Crippen molar-refractivity contribution in [2.45, 2.75) is 13.8 Å². The van der Waals surface area contributed by atoms with E-state index < -0.39 is 17.3 Å². The summed E-state index contributed by atoms with van der Waals surface area (Å²) in [7, 11) is 0. The van der Waals surface area contributed by atoms with Crippen molar-refractivity contribution in [1.82, 2.24) is 24.4 Å². The van der Waals surface area contributed by atoms with E-state index in [0.717, 1.165) is 4.57 Å². The smallest absolute Gasteiger partial charge is 0.338 e. The minimum absolute atomic E-state index is 0.0423. The van der Waals surface area contributed by atoms with Crippen molar-refractivity contribution in [2.75, 3.05) is 13.1 Å². The molecule has 18 heavy (non-hydrogen) atoms. The Kier molecular flexibility index (Phi) is 3.00. The highest BCUT2D eigenvalue weighted by Crippen LogP contribution is 2.02. The number of carbonyl (C=O) groups excluding carboxylic acids is 1. The molecule has 0 radical (unpaired) electrons. The molecule has 2 aromatic heterocycles. The summed E-state index contributed by atoms with van der Waals surface area (Å²) in [6.07, 6.45) is 1.27. The van der Waals surface area contributed by atoms with Crippen LogP contribution in [0.1, 0.15) is 13.8 Å². The zero-order valence-electron chi connectivity index (χ0n) is 10.1. The number of rotatable bonds is 2. The van der Waals surface area contributed by atoms with Gasteiger partial charge >= 0.3 is 11.7 Å². The molecule has 0 saturated carbocycles. The minimum atomic E-state index is -0.781. The van der Waals surface area contributed by atoms with Crippen LogP contribution in [0.2, 0.25) is 0 Å². The van der Waals surface area contributed by atoms with E-state index in [1.165, 1.54) is 11.2 Å². The molecule has 0 aliphatic carbocycles. The molecule has 0 aliphatic heterocycles. The van der Waals surface area contributed by atoms with Crippen molar-refractivity contribution < 1.29 is 4.79 Å². The predicted octanol–water partition coefficient (Wildman–Crippen LogP) is -0.277. The van der Waals surface area contributed by atoms with Gasteiger partial charge in [-0.3, -0.25) is 9.78 Å². The van der Waals surface area contributed by atoms with E-state index in [1.807, 2.05) is 0 Å². The zero-order valence-corrected chi connectivity index (χ0v) is 10.1. The number of H-pyrrole nitrogens is 2. The Morgan fingerprint density at radius 3 is 2.67 bits per heavy atom. The van der Waals surface area contributed by atoms with Crippen LogP contribution in [-0.2, 0) is 0 Å². The predicted molar refractivity (Wildman–Crippen MR) is 64.7 cm³/mol. The topological polar surface area (TPSA) is 104 Å². The number of imidazole rings is 1. The summed E-state index contributed by atoms with van der Waals surface area (Å²) in [6.45, 7) is 4.54. The Morgan fingerprint density at radius 1 is 1.39 bits per heavy atom. The van der Waals surface area contributed by atoms with Crippen LogP contribution >= 0.6 is 0 Å². The van der Waals surface area contributed by atoms with Gasteiger partial charge in [-0.05, 0) is 13.8 Å². The first kappa shape index (κ1) is 12.1. The van der Waals surface area contributed by atoms with E-state index in [0.29, 0.717) is 13.1 Å². The maximum Gasteiger partial charge on any atom is 0.338 e. The van der Waals surface area contributed by atoms with Crippen LogP contribution in [0.3, 0.4) is 0 Å². The third-order valence-corrected chi connectivity index (χ3v) is 2.71. The fraction of sp³-hybridized carbons (Fsp3) is 0.400. The maximum absolute atomic E-state index is 12.2. The Balaban J connectivity index is 2.71. The fourth-order valence-corrected chi connectivity index (χ4v) is 1.75. The van der Waals surface area contributed by atoms with E-state index in [1.54, 1.807) is 13.8 Å². The number of hydrogen-bond acceptors (Lipinski definition) is 4. The van der Waals surface area contributed by atoms with Gasteiger partial charge in [-0.2, -0.15) is 4.57 Å². The molecule has 0 aliphatic rings. The van der Waals surface area contributed by atoms with Crippen LogP contribution in [0.4, 0.5) is 4.79 Å². The van der Waals surface area contributed by atoms with Gasteiger partial charge in [-0.15, -0.1) is 0 Å². The average molecular weight is 251 g/mol. The SMILES string of the molecule is CCN(CC)C(=O)n1c(=O)[nH]c(=O)c2[nH]cnc21. The Hall–Kier alpha value is -2.38. The van der Waals surface area contributed by atoms with Crippen LogP contribution in [0.15, 0.2) is 15.9 Å². The van der Waals surface area contributed by atoms with E-state index in [9.17, 15) is 14.4 Å². The van der Waals surface area contributed by atoms with Crippen molar-refractivity contribution in [1.29, 1.82) is 0 Å². The van der Waals surface area contributed by atoms with E-state index >= 15 is 0 Å². The molecule has 2 rings (SSSR count). The molecule has 2 aromatic rings. The number of nitrogens with zero attached hydrogens (tertiary/aromatic N) is 3. The van der Waals surface area contributed by atoms with Gasteiger partial charge in [0.25, 0.3) is 5.56 Å². The summed E-state index contributed by atoms with van der Waals surface area (Å²) in [6, 6.07) is -0.502. The lowest BCUT2D eigenvalue weighted by molar-refractivity contribution is 0.204. The molecule has 2 heterocycles. The quantitative estimate of drug-likeness (QED) is 0.766. The Labute approximate surface area is 101 Å². The number of carbonyl (C=O) groups is 1. The number of hydrogen-bond donors (Lipinski definition) is 2. The highest BCUT2D eigenvalue weighted by molar-refractivity contribution is 5.85. The van der Waals surface area contributed by atoms with E-state index in [-0.39, 0.29) is 11.2 Å². The summed E-state index contributed by atoms with van der Waals surface area (Å²) < 4.78 is 0.861. The monoisotopic (exact) mass is 251 g/mol. The van der Waals surface area contributed by atoms with Crippen molar-refractivity contribution in [3.05, 3.63) is 27.2 Å². The molecule has 1 amide bonds. The molecule has 0 unspecified atom stereocenters. The summed E-state index contributed by atoms with van der Waals surface area (Å²) in [5.74, 6) is 0. The summed E-state index contributed by atoms with van der Waals surface area (Å²) in [4.78, 5) is 45.4. The number of aromatic nitrogens is 4. The molecule has 0 aromatic carbocycles. The number of nitrogens with one attached hydrogen (secondary N) is 2. The molecule has 0 atom stereocenters. The summed E-state index contributed by atoms with van der Waals surface area (Å²) in [5, 5.41) is 0. The van der Waals surface area contributed by atoms with E-state index in [2.05, 4.69) is 15.0 Å². The van der Waals surface area contributed by atoms with Gasteiger partial charge in [0.1, 0.15) is 5.52 Å². The first-order valence-corrected chi connectivity index (χ1v) is 5.57. The lowest BCUT2D eigenvalue weighted by atomic mass is 10.5. The molecule has 2 N–H and O–H groups in total. The summed E-state index contributed by atoms with van der Waals surface area (Å²) in [5.41, 5.74) is -1.22. The van der Waals surface area contributed by atoms with Gasteiger partial charge in [-0.1, -0.05) is 0 Å². The molecule has 0 saturated heterocycles. The van der Waals surface area contributed by atoms with Gasteiger partial charge in [0.05, 0.1) is 6.33 Å². The third kappa shape index (κ3) is 1.71.